The summed E-state index contributed by atoms with van der Waals surface area (Å²) < 4.78 is 0. The molecular formula is C21H26N4OS. The van der Waals surface area contributed by atoms with Crippen LogP contribution in [-0.4, -0.2) is 42.8 Å². The molecule has 0 atom stereocenters. The van der Waals surface area contributed by atoms with E-state index in [4.69, 9.17) is 5.73 Å². The van der Waals surface area contributed by atoms with Gasteiger partial charge in [0.25, 0.3) is 0 Å². The number of thiophene rings is 1. The molecule has 1 fully saturated rings. The van der Waals surface area contributed by atoms with Crippen LogP contribution >= 0.6 is 11.3 Å². The van der Waals surface area contributed by atoms with E-state index in [1.165, 1.54) is 18.4 Å². The molecule has 2 aromatic rings. The number of rotatable bonds is 5. The number of amides is 1. The number of fused-ring (bicyclic) bond motifs is 1. The molecule has 1 aromatic heterocycles. The summed E-state index contributed by atoms with van der Waals surface area (Å²) in [5, 5.41) is 2.00. The lowest BCUT2D eigenvalue weighted by atomic mass is 10.1. The molecule has 0 bridgehead atoms. The van der Waals surface area contributed by atoms with Crippen molar-refractivity contribution in [3.8, 4) is 0 Å². The van der Waals surface area contributed by atoms with Gasteiger partial charge in [0, 0.05) is 25.2 Å². The first kappa shape index (κ1) is 18.2. The first-order valence-corrected chi connectivity index (χ1v) is 10.6. The van der Waals surface area contributed by atoms with Gasteiger partial charge in [-0.3, -0.25) is 4.79 Å². The van der Waals surface area contributed by atoms with Crippen molar-refractivity contribution in [2.45, 2.75) is 32.1 Å². The van der Waals surface area contributed by atoms with E-state index in [-0.39, 0.29) is 5.91 Å². The van der Waals surface area contributed by atoms with Gasteiger partial charge in [0.2, 0.25) is 5.91 Å². The van der Waals surface area contributed by atoms with Crippen LogP contribution in [0.5, 0.6) is 0 Å². The number of anilines is 1. The van der Waals surface area contributed by atoms with Crippen molar-refractivity contribution in [2.75, 3.05) is 31.1 Å². The molecule has 2 N–H and O–H groups in total. The standard InChI is InChI=1S/C21H26N4OS/c22-21(19-6-4-14-27-19)23-17-8-9-18-16(15-17)5-3-7-20(26)25(18)13-12-24-10-1-2-11-24/h4,6,8-9,14-15H,1-3,5,7,10-13H2,(H2,22,23). The molecule has 1 amide bonds. The molecule has 0 radical (unpaired) electrons. The third-order valence-electron chi connectivity index (χ3n) is 5.35. The molecule has 3 heterocycles. The van der Waals surface area contributed by atoms with E-state index in [1.807, 2.05) is 34.5 Å². The smallest absolute Gasteiger partial charge is 0.227 e. The topological polar surface area (TPSA) is 61.9 Å². The highest BCUT2D eigenvalue weighted by Gasteiger charge is 2.23. The normalized spacial score (nSPS) is 18.6. The highest BCUT2D eigenvalue weighted by Crippen LogP contribution is 2.31. The molecular weight excluding hydrogens is 356 g/mol. The lowest BCUT2D eigenvalue weighted by molar-refractivity contribution is -0.118. The summed E-state index contributed by atoms with van der Waals surface area (Å²) in [6, 6.07) is 10.1. The van der Waals surface area contributed by atoms with Gasteiger partial charge in [-0.25, -0.2) is 4.99 Å². The van der Waals surface area contributed by atoms with Crippen LogP contribution in [0.4, 0.5) is 11.4 Å². The number of hydrogen-bond donors (Lipinski definition) is 1. The molecule has 0 aliphatic carbocycles. The average Bonchev–Trinajstić information content (AvgIpc) is 3.34. The second kappa shape index (κ2) is 8.23. The molecule has 0 spiro atoms. The van der Waals surface area contributed by atoms with Gasteiger partial charge in [0.05, 0.1) is 10.6 Å². The summed E-state index contributed by atoms with van der Waals surface area (Å²) in [4.78, 5) is 22.7. The van der Waals surface area contributed by atoms with Crippen LogP contribution in [0.3, 0.4) is 0 Å². The van der Waals surface area contributed by atoms with Gasteiger partial charge in [0.1, 0.15) is 5.84 Å². The highest BCUT2D eigenvalue weighted by atomic mass is 32.1. The number of likely N-dealkylation sites (tertiary alicyclic amines) is 1. The van der Waals surface area contributed by atoms with Crippen molar-refractivity contribution in [3.63, 3.8) is 0 Å². The zero-order valence-electron chi connectivity index (χ0n) is 15.6. The summed E-state index contributed by atoms with van der Waals surface area (Å²) in [5.41, 5.74) is 9.23. The van der Waals surface area contributed by atoms with Gasteiger partial charge in [-0.1, -0.05) is 6.07 Å². The largest absolute Gasteiger partial charge is 0.383 e. The number of aliphatic imine (C=N–C) groups is 1. The lowest BCUT2D eigenvalue weighted by Gasteiger charge is -2.26. The number of carbonyl (C=O) groups is 1. The van der Waals surface area contributed by atoms with Gasteiger partial charge >= 0.3 is 0 Å². The monoisotopic (exact) mass is 382 g/mol. The van der Waals surface area contributed by atoms with E-state index in [9.17, 15) is 4.79 Å². The van der Waals surface area contributed by atoms with Crippen LogP contribution in [-0.2, 0) is 11.2 Å². The number of benzene rings is 1. The van der Waals surface area contributed by atoms with E-state index in [2.05, 4.69) is 16.0 Å². The van der Waals surface area contributed by atoms with Crippen molar-refractivity contribution >= 4 is 34.5 Å². The Balaban J connectivity index is 1.56. The molecule has 142 valence electrons. The van der Waals surface area contributed by atoms with Crippen LogP contribution < -0.4 is 10.6 Å². The summed E-state index contributed by atoms with van der Waals surface area (Å²) in [6.45, 7) is 4.04. The fourth-order valence-electron chi connectivity index (χ4n) is 3.92. The van der Waals surface area contributed by atoms with E-state index in [0.29, 0.717) is 12.3 Å². The minimum absolute atomic E-state index is 0.238. The summed E-state index contributed by atoms with van der Waals surface area (Å²) in [7, 11) is 0. The number of amidine groups is 1. The van der Waals surface area contributed by atoms with Crippen molar-refractivity contribution in [2.24, 2.45) is 10.7 Å². The van der Waals surface area contributed by atoms with Crippen molar-refractivity contribution in [1.29, 1.82) is 0 Å². The molecule has 4 rings (SSSR count). The molecule has 1 aromatic carbocycles. The Morgan fingerprint density at radius 1 is 1.11 bits per heavy atom. The SMILES string of the molecule is NC(=Nc1ccc2c(c1)CCCC(=O)N2CCN1CCCC1)c1cccs1. The van der Waals surface area contributed by atoms with Crippen LogP contribution in [0.1, 0.15) is 36.1 Å². The molecule has 2 aliphatic rings. The molecule has 6 heteroatoms. The fraction of sp³-hybridized carbons (Fsp3) is 0.429. The summed E-state index contributed by atoms with van der Waals surface area (Å²) in [5.74, 6) is 0.780. The quantitative estimate of drug-likeness (QED) is 0.635. The molecule has 1 saturated heterocycles. The van der Waals surface area contributed by atoms with Crippen LogP contribution in [0.15, 0.2) is 40.7 Å². The number of hydrogen-bond acceptors (Lipinski definition) is 4. The van der Waals surface area contributed by atoms with Gasteiger partial charge in [-0.15, -0.1) is 11.3 Å². The van der Waals surface area contributed by atoms with Crippen molar-refractivity contribution < 1.29 is 4.79 Å². The van der Waals surface area contributed by atoms with Crippen LogP contribution in [0.25, 0.3) is 0 Å². The zero-order chi connectivity index (χ0) is 18.6. The van der Waals surface area contributed by atoms with Crippen molar-refractivity contribution in [3.05, 3.63) is 46.2 Å². The van der Waals surface area contributed by atoms with E-state index >= 15 is 0 Å². The Morgan fingerprint density at radius 3 is 2.74 bits per heavy atom. The maximum atomic E-state index is 12.7. The van der Waals surface area contributed by atoms with Crippen LogP contribution in [0.2, 0.25) is 0 Å². The molecule has 0 unspecified atom stereocenters. The van der Waals surface area contributed by atoms with E-state index in [0.717, 1.165) is 55.3 Å². The Hall–Kier alpha value is -2.18. The summed E-state index contributed by atoms with van der Waals surface area (Å²) >= 11 is 1.59. The second-order valence-electron chi connectivity index (χ2n) is 7.24. The zero-order valence-corrected chi connectivity index (χ0v) is 16.4. The van der Waals surface area contributed by atoms with Crippen LogP contribution in [0, 0.1) is 0 Å². The minimum Gasteiger partial charge on any atom is -0.383 e. The van der Waals surface area contributed by atoms with Gasteiger partial charge in [-0.2, -0.15) is 0 Å². The number of carbonyl (C=O) groups excluding carboxylic acids is 1. The Kier molecular flexibility index (Phi) is 5.55. The predicted octanol–water partition coefficient (Wildman–Crippen LogP) is 3.55. The van der Waals surface area contributed by atoms with Crippen molar-refractivity contribution in [1.82, 2.24) is 4.90 Å². The molecule has 5 nitrogen and oxygen atoms in total. The fourth-order valence-corrected chi connectivity index (χ4v) is 4.54. The maximum Gasteiger partial charge on any atom is 0.227 e. The van der Waals surface area contributed by atoms with Gasteiger partial charge < -0.3 is 15.5 Å². The molecule has 0 saturated carbocycles. The lowest BCUT2D eigenvalue weighted by Crippen LogP contribution is -2.37. The van der Waals surface area contributed by atoms with Gasteiger partial charge in [-0.05, 0) is 74.0 Å². The second-order valence-corrected chi connectivity index (χ2v) is 8.18. The minimum atomic E-state index is 0.238. The third-order valence-corrected chi connectivity index (χ3v) is 6.25. The number of nitrogens with two attached hydrogens (primary N) is 1. The van der Waals surface area contributed by atoms with E-state index in [1.54, 1.807) is 11.3 Å². The Morgan fingerprint density at radius 2 is 1.96 bits per heavy atom. The molecule has 2 aliphatic heterocycles. The Labute approximate surface area is 164 Å². The predicted molar refractivity (Wildman–Crippen MR) is 112 cm³/mol. The molecule has 27 heavy (non-hydrogen) atoms. The highest BCUT2D eigenvalue weighted by molar-refractivity contribution is 7.12. The first-order valence-electron chi connectivity index (χ1n) is 9.74. The summed E-state index contributed by atoms with van der Waals surface area (Å²) in [6.07, 6.45) is 4.96. The number of aryl methyl sites for hydroxylation is 1. The average molecular weight is 383 g/mol. The third kappa shape index (κ3) is 4.22. The number of nitrogens with zero attached hydrogens (tertiary/aromatic N) is 3. The van der Waals surface area contributed by atoms with Gasteiger partial charge in [0.15, 0.2) is 0 Å². The van der Waals surface area contributed by atoms with E-state index < -0.39 is 0 Å². The maximum absolute atomic E-state index is 12.7. The Bertz CT molecular complexity index is 825. The first-order chi connectivity index (χ1) is 13.2.